The third-order valence-corrected chi connectivity index (χ3v) is 4.35. The summed E-state index contributed by atoms with van der Waals surface area (Å²) in [5.74, 6) is 2.37. The van der Waals surface area contributed by atoms with Gasteiger partial charge in [-0.15, -0.1) is 0 Å². The third-order valence-electron chi connectivity index (χ3n) is 4.35. The number of nitriles is 1. The summed E-state index contributed by atoms with van der Waals surface area (Å²) in [6.07, 6.45) is 1.33. The predicted molar refractivity (Wildman–Crippen MR) is 80.6 cm³/mol. The molecule has 108 valence electrons. The molecule has 1 saturated heterocycles. The van der Waals surface area contributed by atoms with Crippen molar-refractivity contribution in [1.82, 2.24) is 4.90 Å². The van der Waals surface area contributed by atoms with Crippen molar-refractivity contribution >= 4 is 0 Å². The van der Waals surface area contributed by atoms with E-state index in [1.807, 2.05) is 12.1 Å². The zero-order valence-corrected chi connectivity index (χ0v) is 12.7. The molecule has 0 radical (unpaired) electrons. The van der Waals surface area contributed by atoms with Gasteiger partial charge in [0.1, 0.15) is 12.4 Å². The Kier molecular flexibility index (Phi) is 5.03. The quantitative estimate of drug-likeness (QED) is 0.843. The smallest absolute Gasteiger partial charge is 0.119 e. The Labute approximate surface area is 122 Å². The van der Waals surface area contributed by atoms with Crippen molar-refractivity contribution in [2.75, 3.05) is 19.7 Å². The lowest BCUT2D eigenvalue weighted by molar-refractivity contribution is 0.0665. The first-order chi connectivity index (χ1) is 9.60. The van der Waals surface area contributed by atoms with Crippen LogP contribution in [0.2, 0.25) is 0 Å². The fourth-order valence-corrected chi connectivity index (χ4v) is 3.03. The van der Waals surface area contributed by atoms with E-state index >= 15 is 0 Å². The number of hydrogen-bond donors (Lipinski definition) is 0. The van der Waals surface area contributed by atoms with E-state index in [4.69, 9.17) is 10.00 Å². The molecule has 1 aliphatic heterocycles. The third kappa shape index (κ3) is 3.74. The fraction of sp³-hybridized carbons (Fsp3) is 0.588. The first-order valence-electron chi connectivity index (χ1n) is 7.47. The van der Waals surface area contributed by atoms with Gasteiger partial charge in [-0.05, 0) is 49.4 Å². The number of hydrogen-bond acceptors (Lipinski definition) is 3. The van der Waals surface area contributed by atoms with Crippen molar-refractivity contribution in [2.45, 2.75) is 33.2 Å². The molecule has 0 N–H and O–H groups in total. The molecule has 1 aromatic rings. The van der Waals surface area contributed by atoms with E-state index in [1.54, 1.807) is 12.1 Å². The molecule has 1 aliphatic rings. The number of benzene rings is 1. The molecule has 0 aliphatic carbocycles. The number of rotatable bonds is 4. The molecular weight excluding hydrogens is 248 g/mol. The lowest BCUT2D eigenvalue weighted by atomic mass is 9.86. The second-order valence-corrected chi connectivity index (χ2v) is 6.04. The molecule has 3 heteroatoms. The molecule has 1 aromatic carbocycles. The van der Waals surface area contributed by atoms with Crippen molar-refractivity contribution in [3.8, 4) is 11.8 Å². The topological polar surface area (TPSA) is 36.3 Å². The van der Waals surface area contributed by atoms with Gasteiger partial charge in [0.2, 0.25) is 0 Å². The van der Waals surface area contributed by atoms with Gasteiger partial charge in [-0.1, -0.05) is 13.8 Å². The molecule has 20 heavy (non-hydrogen) atoms. The largest absolute Gasteiger partial charge is 0.492 e. The van der Waals surface area contributed by atoms with E-state index in [-0.39, 0.29) is 0 Å². The zero-order chi connectivity index (χ0) is 14.5. The monoisotopic (exact) mass is 272 g/mol. The summed E-state index contributed by atoms with van der Waals surface area (Å²) >= 11 is 0. The van der Waals surface area contributed by atoms with Crippen LogP contribution in [-0.2, 0) is 0 Å². The van der Waals surface area contributed by atoms with Gasteiger partial charge < -0.3 is 4.74 Å². The average molecular weight is 272 g/mol. The summed E-state index contributed by atoms with van der Waals surface area (Å²) in [6.45, 7) is 9.83. The number of nitrogens with zero attached hydrogens (tertiary/aromatic N) is 2. The van der Waals surface area contributed by atoms with E-state index < -0.39 is 0 Å². The van der Waals surface area contributed by atoms with Gasteiger partial charge in [-0.25, -0.2) is 0 Å². The Morgan fingerprint density at radius 1 is 1.25 bits per heavy atom. The van der Waals surface area contributed by atoms with Gasteiger partial charge in [0.05, 0.1) is 11.6 Å². The van der Waals surface area contributed by atoms with Crippen LogP contribution >= 0.6 is 0 Å². The highest BCUT2D eigenvalue weighted by Gasteiger charge is 2.28. The van der Waals surface area contributed by atoms with Crippen molar-refractivity contribution < 1.29 is 4.74 Å². The maximum atomic E-state index is 8.76. The predicted octanol–water partition coefficient (Wildman–Crippen LogP) is 3.30. The maximum absolute atomic E-state index is 8.76. The maximum Gasteiger partial charge on any atom is 0.119 e. The molecular formula is C17H24N2O. The van der Waals surface area contributed by atoms with Crippen LogP contribution in [0.25, 0.3) is 0 Å². The molecule has 0 amide bonds. The summed E-state index contributed by atoms with van der Waals surface area (Å²) < 4.78 is 5.78. The van der Waals surface area contributed by atoms with Crippen LogP contribution in [0.1, 0.15) is 32.8 Å². The van der Waals surface area contributed by atoms with Gasteiger partial charge in [-0.3, -0.25) is 4.90 Å². The van der Waals surface area contributed by atoms with E-state index in [2.05, 4.69) is 31.7 Å². The first-order valence-corrected chi connectivity index (χ1v) is 7.47. The average Bonchev–Trinajstić information content (AvgIpc) is 2.44. The zero-order valence-electron chi connectivity index (χ0n) is 12.7. The highest BCUT2D eigenvalue weighted by atomic mass is 16.5. The Balaban J connectivity index is 1.81. The van der Waals surface area contributed by atoms with Crippen molar-refractivity contribution in [2.24, 2.45) is 11.8 Å². The van der Waals surface area contributed by atoms with Crippen LogP contribution in [0, 0.1) is 23.2 Å². The minimum absolute atomic E-state index is 0.635. The van der Waals surface area contributed by atoms with Crippen LogP contribution in [0.5, 0.6) is 5.75 Å². The Morgan fingerprint density at radius 3 is 2.60 bits per heavy atom. The summed E-state index contributed by atoms with van der Waals surface area (Å²) in [6, 6.07) is 10.1. The molecule has 3 unspecified atom stereocenters. The van der Waals surface area contributed by atoms with Gasteiger partial charge >= 0.3 is 0 Å². The summed E-state index contributed by atoms with van der Waals surface area (Å²) in [5.41, 5.74) is 0.671. The summed E-state index contributed by atoms with van der Waals surface area (Å²) in [7, 11) is 0. The molecule has 3 nitrogen and oxygen atoms in total. The highest BCUT2D eigenvalue weighted by Crippen LogP contribution is 2.26. The lowest BCUT2D eigenvalue weighted by Crippen LogP contribution is -2.47. The van der Waals surface area contributed by atoms with Crippen LogP contribution in [0.4, 0.5) is 0 Å². The normalized spacial score (nSPS) is 27.0. The standard InChI is InChI=1S/C17H24N2O/c1-13-10-14(2)15(3)19(12-13)8-9-20-17-6-4-16(11-18)5-7-17/h4-7,13-15H,8-10,12H2,1-3H3. The van der Waals surface area contributed by atoms with Crippen molar-refractivity contribution in [1.29, 1.82) is 5.26 Å². The molecule has 0 saturated carbocycles. The van der Waals surface area contributed by atoms with E-state index in [9.17, 15) is 0 Å². The molecule has 3 atom stereocenters. The minimum atomic E-state index is 0.635. The molecule has 1 fully saturated rings. The second kappa shape index (κ2) is 6.76. The fourth-order valence-electron chi connectivity index (χ4n) is 3.03. The summed E-state index contributed by atoms with van der Waals surface area (Å²) in [5, 5.41) is 8.76. The molecule has 1 heterocycles. The van der Waals surface area contributed by atoms with Crippen molar-refractivity contribution in [3.63, 3.8) is 0 Å². The first kappa shape index (κ1) is 14.9. The Morgan fingerprint density at radius 2 is 1.95 bits per heavy atom. The molecule has 2 rings (SSSR count). The van der Waals surface area contributed by atoms with Crippen LogP contribution in [-0.4, -0.2) is 30.6 Å². The van der Waals surface area contributed by atoms with E-state index in [0.717, 1.165) is 24.1 Å². The molecule has 0 bridgehead atoms. The summed E-state index contributed by atoms with van der Waals surface area (Å²) in [4.78, 5) is 2.53. The Bertz CT molecular complexity index is 463. The molecule has 0 aromatic heterocycles. The number of piperidine rings is 1. The second-order valence-electron chi connectivity index (χ2n) is 6.04. The van der Waals surface area contributed by atoms with Crippen molar-refractivity contribution in [3.05, 3.63) is 29.8 Å². The lowest BCUT2D eigenvalue weighted by Gasteiger charge is -2.41. The van der Waals surface area contributed by atoms with E-state index in [1.165, 1.54) is 13.0 Å². The molecule has 0 spiro atoms. The van der Waals surface area contributed by atoms with E-state index in [0.29, 0.717) is 18.2 Å². The number of likely N-dealkylation sites (tertiary alicyclic amines) is 1. The highest BCUT2D eigenvalue weighted by molar-refractivity contribution is 5.34. The van der Waals surface area contributed by atoms with Gasteiger partial charge in [0.25, 0.3) is 0 Å². The van der Waals surface area contributed by atoms with Crippen LogP contribution < -0.4 is 4.74 Å². The van der Waals surface area contributed by atoms with Gasteiger partial charge in [0, 0.05) is 19.1 Å². The van der Waals surface area contributed by atoms with Crippen LogP contribution in [0.15, 0.2) is 24.3 Å². The minimum Gasteiger partial charge on any atom is -0.492 e. The number of ether oxygens (including phenoxy) is 1. The Hall–Kier alpha value is -1.53. The van der Waals surface area contributed by atoms with Crippen LogP contribution in [0.3, 0.4) is 0 Å². The van der Waals surface area contributed by atoms with Gasteiger partial charge in [0.15, 0.2) is 0 Å². The SMILES string of the molecule is CC1CC(C)C(C)N(CCOc2ccc(C#N)cc2)C1. The van der Waals surface area contributed by atoms with Gasteiger partial charge in [-0.2, -0.15) is 5.26 Å².